The fourth-order valence-electron chi connectivity index (χ4n) is 5.20. The molecule has 1 saturated heterocycles. The van der Waals surface area contributed by atoms with E-state index in [9.17, 15) is 14.3 Å². The number of hydrogen-bond donors (Lipinski definition) is 2. The molecule has 4 rings (SSSR count). The van der Waals surface area contributed by atoms with Crippen molar-refractivity contribution in [1.82, 2.24) is 9.79 Å². The number of carbonyl (C=O) groups is 1. The Kier molecular flexibility index (Phi) is 7.31. The zero-order valence-corrected chi connectivity index (χ0v) is 21.2. The number of nitriles is 1. The summed E-state index contributed by atoms with van der Waals surface area (Å²) in [6.45, 7) is 7.53. The highest BCUT2D eigenvalue weighted by molar-refractivity contribution is 7.95. The van der Waals surface area contributed by atoms with Crippen molar-refractivity contribution < 1.29 is 13.8 Å². The molecule has 34 heavy (non-hydrogen) atoms. The summed E-state index contributed by atoms with van der Waals surface area (Å²) in [7, 11) is -3.43. The summed E-state index contributed by atoms with van der Waals surface area (Å²) in [5, 5.41) is 15.4. The number of hydroxylamine groups is 2. The Balaban J connectivity index is 1.52. The van der Waals surface area contributed by atoms with E-state index in [0.717, 1.165) is 63.6 Å². The lowest BCUT2D eigenvalue weighted by Crippen LogP contribution is -2.40. The van der Waals surface area contributed by atoms with Gasteiger partial charge in [-0.3, -0.25) is 4.84 Å². The van der Waals surface area contributed by atoms with Gasteiger partial charge in [-0.15, -0.1) is 0 Å². The van der Waals surface area contributed by atoms with Crippen molar-refractivity contribution >= 4 is 21.6 Å². The number of hydrogen-bond acceptors (Lipinski definition) is 6. The Labute approximate surface area is 203 Å². The first-order valence-corrected chi connectivity index (χ1v) is 13.8. The van der Waals surface area contributed by atoms with Gasteiger partial charge in [0, 0.05) is 17.6 Å². The molecule has 0 saturated carbocycles. The van der Waals surface area contributed by atoms with E-state index >= 15 is 0 Å². The molecule has 0 aromatic heterocycles. The lowest BCUT2D eigenvalue weighted by molar-refractivity contribution is -0.193. The van der Waals surface area contributed by atoms with Gasteiger partial charge in [-0.1, -0.05) is 30.4 Å². The standard InChI is InChI=1S/C25H35N5O3S/c1-18(2)16-33-30-13-6-11-25(30,3)12-14-34(32,27-17-26)29-24(31)28-23-21-9-4-7-19(21)15-20-8-5-10-22(20)23/h12,14-15,18H,4-11,13,16H2,1-3H3,(H2,27,28,29,31,32)/b14-12+/t25-,34?/m1/s1. The minimum absolute atomic E-state index is 0.387. The largest absolute Gasteiger partial charge is 0.331 e. The van der Waals surface area contributed by atoms with E-state index in [2.05, 4.69) is 34.3 Å². The zero-order valence-electron chi connectivity index (χ0n) is 20.4. The maximum atomic E-state index is 13.4. The molecule has 8 nitrogen and oxygen atoms in total. The molecule has 2 N–H and O–H groups in total. The van der Waals surface area contributed by atoms with Crippen LogP contribution in [0.25, 0.3) is 0 Å². The fraction of sp³-hybridized carbons (Fsp3) is 0.600. The van der Waals surface area contributed by atoms with Crippen LogP contribution in [0.2, 0.25) is 0 Å². The first-order valence-electron chi connectivity index (χ1n) is 12.2. The summed E-state index contributed by atoms with van der Waals surface area (Å²) in [5.41, 5.74) is 5.35. The number of aryl methyl sites for hydroxylation is 2. The van der Waals surface area contributed by atoms with E-state index in [1.165, 1.54) is 27.7 Å². The van der Waals surface area contributed by atoms with E-state index in [-0.39, 0.29) is 0 Å². The molecule has 1 fully saturated rings. The van der Waals surface area contributed by atoms with E-state index in [1.54, 1.807) is 12.3 Å². The van der Waals surface area contributed by atoms with Crippen LogP contribution in [-0.2, 0) is 40.4 Å². The minimum atomic E-state index is -3.43. The van der Waals surface area contributed by atoms with Crippen LogP contribution in [-0.4, -0.2) is 34.0 Å². The van der Waals surface area contributed by atoms with Crippen LogP contribution in [0.4, 0.5) is 10.5 Å². The number of anilines is 1. The molecule has 0 spiro atoms. The number of carbonyl (C=O) groups excluding carboxylic acids is 1. The SMILES string of the molecule is CC(C)CON1CCC[C@]1(C)/C=C/S(=O)(=NC#N)NC(=O)Nc1c2c(cc3c1CCC3)CCC2. The van der Waals surface area contributed by atoms with Crippen molar-refractivity contribution in [2.75, 3.05) is 18.5 Å². The lowest BCUT2D eigenvalue weighted by atomic mass is 9.99. The molecule has 1 aliphatic heterocycles. The van der Waals surface area contributed by atoms with Gasteiger partial charge < -0.3 is 5.32 Å². The highest BCUT2D eigenvalue weighted by atomic mass is 32.2. The van der Waals surface area contributed by atoms with Crippen LogP contribution in [0.15, 0.2) is 21.9 Å². The van der Waals surface area contributed by atoms with Gasteiger partial charge in [0.2, 0.25) is 6.19 Å². The maximum Gasteiger partial charge on any atom is 0.331 e. The van der Waals surface area contributed by atoms with Crippen LogP contribution >= 0.6 is 0 Å². The van der Waals surface area contributed by atoms with Crippen LogP contribution in [0.5, 0.6) is 0 Å². The third kappa shape index (κ3) is 5.29. The van der Waals surface area contributed by atoms with Crippen LogP contribution in [0.1, 0.15) is 68.7 Å². The number of rotatable bonds is 7. The Morgan fingerprint density at radius 1 is 1.26 bits per heavy atom. The number of nitrogens with one attached hydrogen (secondary N) is 2. The van der Waals surface area contributed by atoms with Gasteiger partial charge >= 0.3 is 6.03 Å². The van der Waals surface area contributed by atoms with E-state index in [4.69, 9.17) is 4.84 Å². The Morgan fingerprint density at radius 3 is 2.56 bits per heavy atom. The summed E-state index contributed by atoms with van der Waals surface area (Å²) >= 11 is 0. The third-order valence-electron chi connectivity index (χ3n) is 6.92. The van der Waals surface area contributed by atoms with Gasteiger partial charge in [-0.05, 0) is 86.5 Å². The van der Waals surface area contributed by atoms with E-state index in [1.807, 2.05) is 12.0 Å². The molecule has 2 atom stereocenters. The van der Waals surface area contributed by atoms with Crippen molar-refractivity contribution in [2.45, 2.75) is 77.7 Å². The molecular weight excluding hydrogens is 450 g/mol. The van der Waals surface area contributed by atoms with Gasteiger partial charge in [0.05, 0.1) is 12.1 Å². The van der Waals surface area contributed by atoms with Crippen molar-refractivity contribution in [1.29, 1.82) is 5.26 Å². The zero-order chi connectivity index (χ0) is 24.3. The molecule has 3 aliphatic rings. The van der Waals surface area contributed by atoms with Gasteiger partial charge in [0.1, 0.15) is 0 Å². The molecule has 0 radical (unpaired) electrons. The normalized spacial score (nSPS) is 23.5. The Bertz CT molecular complexity index is 1110. The predicted molar refractivity (Wildman–Crippen MR) is 133 cm³/mol. The summed E-state index contributed by atoms with van der Waals surface area (Å²) in [5.74, 6) is 0.387. The topological polar surface area (TPSA) is 107 Å². The molecule has 1 unspecified atom stereocenters. The lowest BCUT2D eigenvalue weighted by Gasteiger charge is -2.32. The summed E-state index contributed by atoms with van der Waals surface area (Å²) in [4.78, 5) is 18.9. The second-order valence-corrected chi connectivity index (χ2v) is 11.9. The monoisotopic (exact) mass is 485 g/mol. The summed E-state index contributed by atoms with van der Waals surface area (Å²) in [6.07, 6.45) is 11.2. The van der Waals surface area contributed by atoms with E-state index < -0.39 is 21.5 Å². The first-order chi connectivity index (χ1) is 16.2. The molecule has 2 amide bonds. The number of nitrogens with zero attached hydrogens (tertiary/aromatic N) is 3. The number of benzene rings is 1. The number of fused-ring (bicyclic) bond motifs is 2. The van der Waals surface area contributed by atoms with Gasteiger partial charge in [-0.2, -0.15) is 10.3 Å². The Hall–Kier alpha value is -2.41. The van der Waals surface area contributed by atoms with Crippen LogP contribution in [0.3, 0.4) is 0 Å². The average Bonchev–Trinajstić information content (AvgIpc) is 3.51. The molecule has 184 valence electrons. The van der Waals surface area contributed by atoms with Crippen LogP contribution < -0.4 is 10.0 Å². The van der Waals surface area contributed by atoms with Crippen molar-refractivity contribution in [3.8, 4) is 6.19 Å². The Morgan fingerprint density at radius 2 is 1.94 bits per heavy atom. The highest BCUT2D eigenvalue weighted by Crippen LogP contribution is 2.38. The van der Waals surface area contributed by atoms with Crippen molar-refractivity contribution in [3.63, 3.8) is 0 Å². The molecule has 1 aromatic carbocycles. The summed E-state index contributed by atoms with van der Waals surface area (Å²) in [6, 6.07) is 1.69. The number of amides is 2. The molecular formula is C25H35N5O3S. The smallest absolute Gasteiger partial charge is 0.307 e. The fourth-order valence-corrected chi connectivity index (χ4v) is 6.29. The predicted octanol–water partition coefficient (Wildman–Crippen LogP) is 4.61. The van der Waals surface area contributed by atoms with E-state index in [0.29, 0.717) is 12.5 Å². The molecule has 1 aromatic rings. The van der Waals surface area contributed by atoms with Crippen LogP contribution in [0, 0.1) is 17.4 Å². The molecule has 1 heterocycles. The summed E-state index contributed by atoms with van der Waals surface area (Å²) < 4.78 is 19.5. The van der Waals surface area contributed by atoms with Crippen molar-refractivity contribution in [2.24, 2.45) is 10.3 Å². The highest BCUT2D eigenvalue weighted by Gasteiger charge is 2.36. The van der Waals surface area contributed by atoms with Gasteiger partial charge in [0.25, 0.3) is 0 Å². The third-order valence-corrected chi connectivity index (χ3v) is 8.25. The van der Waals surface area contributed by atoms with Crippen molar-refractivity contribution in [3.05, 3.63) is 39.8 Å². The maximum absolute atomic E-state index is 13.4. The average molecular weight is 486 g/mol. The second kappa shape index (κ2) is 10.1. The second-order valence-electron chi connectivity index (χ2n) is 10.1. The minimum Gasteiger partial charge on any atom is -0.307 e. The van der Waals surface area contributed by atoms with Gasteiger partial charge in [-0.25, -0.2) is 13.7 Å². The molecule has 2 aliphatic carbocycles. The number of urea groups is 1. The molecule has 0 bridgehead atoms. The quantitative estimate of drug-likeness (QED) is 0.549. The molecule has 9 heteroatoms. The van der Waals surface area contributed by atoms with Gasteiger partial charge in [0.15, 0.2) is 9.92 Å². The first kappa shape index (κ1) is 24.7.